The van der Waals surface area contributed by atoms with E-state index in [1.807, 2.05) is 42.7 Å². The molecule has 0 saturated carbocycles. The molecule has 3 rings (SSSR count). The zero-order valence-corrected chi connectivity index (χ0v) is 12.5. The van der Waals surface area contributed by atoms with E-state index < -0.39 is 5.56 Å². The monoisotopic (exact) mass is 309 g/mol. The Labute approximate surface area is 130 Å². The number of aromatic nitrogens is 2. The molecular formula is C16H11N3O2S. The van der Waals surface area contributed by atoms with Gasteiger partial charge >= 0.3 is 0 Å². The van der Waals surface area contributed by atoms with Gasteiger partial charge in [-0.05, 0) is 18.4 Å². The summed E-state index contributed by atoms with van der Waals surface area (Å²) < 4.78 is 5.44. The molecule has 2 heterocycles. The molecule has 0 saturated heterocycles. The van der Waals surface area contributed by atoms with Crippen LogP contribution in [0.1, 0.15) is 5.56 Å². The Morgan fingerprint density at radius 3 is 2.64 bits per heavy atom. The summed E-state index contributed by atoms with van der Waals surface area (Å²) in [6, 6.07) is 13.0. The molecule has 1 aromatic carbocycles. The first-order valence-electron chi connectivity index (χ1n) is 6.46. The van der Waals surface area contributed by atoms with Gasteiger partial charge in [-0.3, -0.25) is 4.79 Å². The molecule has 0 aliphatic carbocycles. The van der Waals surface area contributed by atoms with Gasteiger partial charge in [0.25, 0.3) is 5.56 Å². The van der Waals surface area contributed by atoms with E-state index in [-0.39, 0.29) is 5.56 Å². The van der Waals surface area contributed by atoms with Crippen LogP contribution in [0, 0.1) is 11.3 Å². The van der Waals surface area contributed by atoms with E-state index in [0.29, 0.717) is 22.2 Å². The van der Waals surface area contributed by atoms with Gasteiger partial charge in [0.15, 0.2) is 5.16 Å². The Morgan fingerprint density at radius 2 is 2.00 bits per heavy atom. The fourth-order valence-corrected chi connectivity index (χ4v) is 2.56. The lowest BCUT2D eigenvalue weighted by molar-refractivity contribution is 0.582. The molecule has 0 spiro atoms. The fourth-order valence-electron chi connectivity index (χ4n) is 2.18. The number of rotatable bonds is 3. The minimum atomic E-state index is -0.439. The smallest absolute Gasteiger partial charge is 0.270 e. The van der Waals surface area contributed by atoms with Crippen molar-refractivity contribution in [3.63, 3.8) is 0 Å². The molecule has 5 nitrogen and oxygen atoms in total. The third-order valence-electron chi connectivity index (χ3n) is 3.17. The van der Waals surface area contributed by atoms with Crippen LogP contribution in [0.4, 0.5) is 0 Å². The molecule has 22 heavy (non-hydrogen) atoms. The second-order valence-corrected chi connectivity index (χ2v) is 5.23. The number of thioether (sulfide) groups is 1. The molecule has 0 bridgehead atoms. The number of furan rings is 1. The maximum atomic E-state index is 12.1. The fraction of sp³-hybridized carbons (Fsp3) is 0.0625. The maximum absolute atomic E-state index is 12.1. The van der Waals surface area contributed by atoms with E-state index in [2.05, 4.69) is 9.97 Å². The Bertz CT molecular complexity index is 908. The van der Waals surface area contributed by atoms with Crippen LogP contribution in [0.3, 0.4) is 0 Å². The predicted molar refractivity (Wildman–Crippen MR) is 84.5 cm³/mol. The lowest BCUT2D eigenvalue weighted by atomic mass is 10.00. The third-order valence-corrected chi connectivity index (χ3v) is 3.75. The summed E-state index contributed by atoms with van der Waals surface area (Å²) in [5.41, 5.74) is 1.40. The minimum absolute atomic E-state index is 0.00296. The van der Waals surface area contributed by atoms with Crippen molar-refractivity contribution >= 4 is 11.8 Å². The van der Waals surface area contributed by atoms with Gasteiger partial charge in [0, 0.05) is 11.1 Å². The SMILES string of the molecule is CSc1nc(-c2ccccc2-c2ccco2)c(C#N)c(=O)[nH]1. The quantitative estimate of drug-likeness (QED) is 0.593. The average molecular weight is 309 g/mol. The van der Waals surface area contributed by atoms with Crippen LogP contribution in [0.2, 0.25) is 0 Å². The number of H-pyrrole nitrogens is 1. The van der Waals surface area contributed by atoms with E-state index in [1.54, 1.807) is 12.3 Å². The second kappa shape index (κ2) is 5.92. The highest BCUT2D eigenvalue weighted by Gasteiger charge is 2.17. The number of hydrogen-bond donors (Lipinski definition) is 1. The summed E-state index contributed by atoms with van der Waals surface area (Å²) in [4.78, 5) is 19.1. The molecule has 0 amide bonds. The lowest BCUT2D eigenvalue weighted by Gasteiger charge is -2.09. The van der Waals surface area contributed by atoms with Crippen molar-refractivity contribution in [2.24, 2.45) is 0 Å². The van der Waals surface area contributed by atoms with Gasteiger partial charge in [-0.2, -0.15) is 5.26 Å². The van der Waals surface area contributed by atoms with Crippen molar-refractivity contribution in [2.45, 2.75) is 5.16 Å². The molecule has 0 aliphatic heterocycles. The van der Waals surface area contributed by atoms with E-state index >= 15 is 0 Å². The Balaban J connectivity index is 2.32. The van der Waals surface area contributed by atoms with Crippen LogP contribution in [0.5, 0.6) is 0 Å². The van der Waals surface area contributed by atoms with E-state index in [1.165, 1.54) is 11.8 Å². The number of benzene rings is 1. The highest BCUT2D eigenvalue weighted by Crippen LogP contribution is 2.32. The molecule has 1 N–H and O–H groups in total. The van der Waals surface area contributed by atoms with E-state index in [0.717, 1.165) is 5.56 Å². The van der Waals surface area contributed by atoms with Gasteiger partial charge < -0.3 is 9.40 Å². The summed E-state index contributed by atoms with van der Waals surface area (Å²) in [5.74, 6) is 0.660. The average Bonchev–Trinajstić information content (AvgIpc) is 3.08. The second-order valence-electron chi connectivity index (χ2n) is 4.43. The summed E-state index contributed by atoms with van der Waals surface area (Å²) >= 11 is 1.31. The number of nitriles is 1. The summed E-state index contributed by atoms with van der Waals surface area (Å²) in [6.45, 7) is 0. The molecule has 6 heteroatoms. The molecule has 0 radical (unpaired) electrons. The number of aromatic amines is 1. The van der Waals surface area contributed by atoms with Crippen LogP contribution in [-0.4, -0.2) is 16.2 Å². The Kier molecular flexibility index (Phi) is 3.81. The van der Waals surface area contributed by atoms with Crippen molar-refractivity contribution < 1.29 is 4.42 Å². The highest BCUT2D eigenvalue weighted by atomic mass is 32.2. The van der Waals surface area contributed by atoms with Crippen molar-refractivity contribution in [3.05, 3.63) is 58.6 Å². The molecule has 0 fully saturated rings. The standard InChI is InChI=1S/C16H11N3O2S/c1-22-16-18-14(12(9-17)15(20)19-16)11-6-3-2-5-10(11)13-7-4-8-21-13/h2-8H,1H3,(H,18,19,20). The van der Waals surface area contributed by atoms with Crippen molar-refractivity contribution in [1.29, 1.82) is 5.26 Å². The summed E-state index contributed by atoms with van der Waals surface area (Å²) in [6.07, 6.45) is 3.39. The van der Waals surface area contributed by atoms with Crippen LogP contribution in [0.25, 0.3) is 22.6 Å². The van der Waals surface area contributed by atoms with Crippen LogP contribution in [-0.2, 0) is 0 Å². The van der Waals surface area contributed by atoms with Crippen LogP contribution < -0.4 is 5.56 Å². The maximum Gasteiger partial charge on any atom is 0.270 e. The van der Waals surface area contributed by atoms with Crippen molar-refractivity contribution in [1.82, 2.24) is 9.97 Å². The molecule has 0 unspecified atom stereocenters. The first-order chi connectivity index (χ1) is 10.7. The van der Waals surface area contributed by atoms with Gasteiger partial charge in [0.05, 0.1) is 12.0 Å². The van der Waals surface area contributed by atoms with Gasteiger partial charge in [0.2, 0.25) is 0 Å². The molecule has 0 atom stereocenters. The lowest BCUT2D eigenvalue weighted by Crippen LogP contribution is -2.14. The first-order valence-corrected chi connectivity index (χ1v) is 7.68. The summed E-state index contributed by atoms with van der Waals surface area (Å²) in [5, 5.41) is 9.77. The van der Waals surface area contributed by atoms with Crippen LogP contribution >= 0.6 is 11.8 Å². The number of nitrogens with zero attached hydrogens (tertiary/aromatic N) is 2. The molecule has 3 aromatic rings. The zero-order chi connectivity index (χ0) is 15.5. The third kappa shape index (κ3) is 2.43. The largest absolute Gasteiger partial charge is 0.464 e. The normalized spacial score (nSPS) is 10.4. The molecule has 108 valence electrons. The highest BCUT2D eigenvalue weighted by molar-refractivity contribution is 7.98. The zero-order valence-electron chi connectivity index (χ0n) is 11.7. The molecule has 2 aromatic heterocycles. The van der Waals surface area contributed by atoms with Gasteiger partial charge in [-0.15, -0.1) is 0 Å². The minimum Gasteiger partial charge on any atom is -0.464 e. The Hall–Kier alpha value is -2.78. The van der Waals surface area contributed by atoms with Crippen molar-refractivity contribution in [3.8, 4) is 28.7 Å². The first kappa shape index (κ1) is 14.2. The molecular weight excluding hydrogens is 298 g/mol. The van der Waals surface area contributed by atoms with Gasteiger partial charge in [0.1, 0.15) is 17.4 Å². The number of nitrogens with one attached hydrogen (secondary N) is 1. The molecule has 0 aliphatic rings. The predicted octanol–water partition coefficient (Wildman–Crippen LogP) is 3.29. The number of hydrogen-bond acceptors (Lipinski definition) is 5. The van der Waals surface area contributed by atoms with E-state index in [9.17, 15) is 10.1 Å². The topological polar surface area (TPSA) is 82.7 Å². The van der Waals surface area contributed by atoms with E-state index in [4.69, 9.17) is 4.42 Å². The summed E-state index contributed by atoms with van der Waals surface area (Å²) in [7, 11) is 0. The Morgan fingerprint density at radius 1 is 1.23 bits per heavy atom. The van der Waals surface area contributed by atoms with Gasteiger partial charge in [-0.25, -0.2) is 4.98 Å². The van der Waals surface area contributed by atoms with Crippen LogP contribution in [0.15, 0.2) is 57.0 Å². The van der Waals surface area contributed by atoms with Gasteiger partial charge in [-0.1, -0.05) is 36.0 Å². The van der Waals surface area contributed by atoms with Crippen molar-refractivity contribution in [2.75, 3.05) is 6.26 Å².